The van der Waals surface area contributed by atoms with Gasteiger partial charge in [-0.15, -0.1) is 0 Å². The SMILES string of the molecule is CCNC(c1ccccc1I)c1cc(Br)ccc1OC. The summed E-state index contributed by atoms with van der Waals surface area (Å²) in [5.74, 6) is 0.902. The molecule has 0 aliphatic carbocycles. The molecule has 0 radical (unpaired) electrons. The first-order valence-electron chi connectivity index (χ1n) is 6.48. The molecule has 4 heteroatoms. The van der Waals surface area contributed by atoms with Crippen LogP contribution in [0, 0.1) is 3.57 Å². The van der Waals surface area contributed by atoms with Gasteiger partial charge in [0.1, 0.15) is 5.75 Å². The predicted octanol–water partition coefficient (Wildman–Crippen LogP) is 4.76. The molecule has 1 atom stereocenters. The van der Waals surface area contributed by atoms with E-state index in [-0.39, 0.29) is 6.04 Å². The molecule has 20 heavy (non-hydrogen) atoms. The third-order valence-electron chi connectivity index (χ3n) is 3.13. The fraction of sp³-hybridized carbons (Fsp3) is 0.250. The fourth-order valence-electron chi connectivity index (χ4n) is 2.23. The van der Waals surface area contributed by atoms with Crippen LogP contribution in [0.15, 0.2) is 46.9 Å². The molecule has 0 aromatic heterocycles. The van der Waals surface area contributed by atoms with Gasteiger partial charge >= 0.3 is 0 Å². The van der Waals surface area contributed by atoms with Gasteiger partial charge in [0.15, 0.2) is 0 Å². The standard InChI is InChI=1S/C16H17BrINO/c1-3-19-16(12-6-4-5-7-14(12)18)13-10-11(17)8-9-15(13)20-2/h4-10,16,19H,3H2,1-2H3. The van der Waals surface area contributed by atoms with E-state index in [1.165, 1.54) is 9.13 Å². The first kappa shape index (κ1) is 15.8. The molecule has 0 aliphatic rings. The van der Waals surface area contributed by atoms with E-state index in [2.05, 4.69) is 81.1 Å². The number of rotatable bonds is 5. The van der Waals surface area contributed by atoms with Gasteiger partial charge in [-0.1, -0.05) is 41.1 Å². The molecule has 0 amide bonds. The van der Waals surface area contributed by atoms with E-state index in [4.69, 9.17) is 4.74 Å². The van der Waals surface area contributed by atoms with Crippen molar-refractivity contribution in [3.05, 3.63) is 61.6 Å². The molecular formula is C16H17BrINO. The Hall–Kier alpha value is -0.590. The quantitative estimate of drug-likeness (QED) is 0.670. The summed E-state index contributed by atoms with van der Waals surface area (Å²) in [6.07, 6.45) is 0. The van der Waals surface area contributed by atoms with Crippen molar-refractivity contribution in [2.24, 2.45) is 0 Å². The molecule has 2 aromatic rings. The summed E-state index contributed by atoms with van der Waals surface area (Å²) >= 11 is 5.93. The molecule has 106 valence electrons. The molecule has 1 N–H and O–H groups in total. The average Bonchev–Trinajstić information content (AvgIpc) is 2.46. The maximum atomic E-state index is 5.53. The minimum Gasteiger partial charge on any atom is -0.496 e. The summed E-state index contributed by atoms with van der Waals surface area (Å²) in [5.41, 5.74) is 2.42. The summed E-state index contributed by atoms with van der Waals surface area (Å²) in [6, 6.07) is 14.7. The smallest absolute Gasteiger partial charge is 0.124 e. The van der Waals surface area contributed by atoms with Crippen LogP contribution in [-0.2, 0) is 0 Å². The lowest BCUT2D eigenvalue weighted by Crippen LogP contribution is -2.23. The molecule has 2 nitrogen and oxygen atoms in total. The molecule has 0 aliphatic heterocycles. The molecule has 0 bridgehead atoms. The first-order chi connectivity index (χ1) is 9.67. The van der Waals surface area contributed by atoms with Crippen molar-refractivity contribution in [2.75, 3.05) is 13.7 Å². The van der Waals surface area contributed by atoms with Crippen molar-refractivity contribution in [3.8, 4) is 5.75 Å². The monoisotopic (exact) mass is 445 g/mol. The van der Waals surface area contributed by atoms with Crippen LogP contribution < -0.4 is 10.1 Å². The van der Waals surface area contributed by atoms with Gasteiger partial charge in [0.2, 0.25) is 0 Å². The maximum Gasteiger partial charge on any atom is 0.124 e. The van der Waals surface area contributed by atoms with Gasteiger partial charge in [-0.05, 0) is 59.0 Å². The van der Waals surface area contributed by atoms with E-state index in [9.17, 15) is 0 Å². The first-order valence-corrected chi connectivity index (χ1v) is 8.35. The Labute approximate surface area is 142 Å². The van der Waals surface area contributed by atoms with E-state index in [0.717, 1.165) is 22.3 Å². The maximum absolute atomic E-state index is 5.53. The van der Waals surface area contributed by atoms with Crippen molar-refractivity contribution < 1.29 is 4.74 Å². The largest absolute Gasteiger partial charge is 0.496 e. The van der Waals surface area contributed by atoms with Gasteiger partial charge < -0.3 is 10.1 Å². The molecule has 1 unspecified atom stereocenters. The Bertz CT molecular complexity index is 588. The molecule has 0 saturated carbocycles. The highest BCUT2D eigenvalue weighted by molar-refractivity contribution is 14.1. The fourth-order valence-corrected chi connectivity index (χ4v) is 3.31. The highest BCUT2D eigenvalue weighted by Crippen LogP contribution is 2.34. The lowest BCUT2D eigenvalue weighted by molar-refractivity contribution is 0.404. The second kappa shape index (κ2) is 7.43. The van der Waals surface area contributed by atoms with Crippen LogP contribution in [0.5, 0.6) is 5.75 Å². The predicted molar refractivity (Wildman–Crippen MR) is 95.4 cm³/mol. The zero-order valence-corrected chi connectivity index (χ0v) is 15.2. The van der Waals surface area contributed by atoms with E-state index < -0.39 is 0 Å². The minimum absolute atomic E-state index is 0.126. The number of halogens is 2. The molecule has 2 rings (SSSR count). The molecular weight excluding hydrogens is 429 g/mol. The van der Waals surface area contributed by atoms with Crippen molar-refractivity contribution in [3.63, 3.8) is 0 Å². The second-order valence-electron chi connectivity index (χ2n) is 4.40. The molecule has 0 heterocycles. The van der Waals surface area contributed by atoms with Gasteiger partial charge in [-0.25, -0.2) is 0 Å². The third kappa shape index (κ3) is 3.54. The van der Waals surface area contributed by atoms with Crippen molar-refractivity contribution in [2.45, 2.75) is 13.0 Å². The normalized spacial score (nSPS) is 12.2. The van der Waals surface area contributed by atoms with E-state index in [1.807, 2.05) is 12.1 Å². The van der Waals surface area contributed by atoms with E-state index in [1.54, 1.807) is 7.11 Å². The highest BCUT2D eigenvalue weighted by atomic mass is 127. The van der Waals surface area contributed by atoms with Gasteiger partial charge in [-0.3, -0.25) is 0 Å². The van der Waals surface area contributed by atoms with Crippen LogP contribution in [-0.4, -0.2) is 13.7 Å². The van der Waals surface area contributed by atoms with Crippen molar-refractivity contribution in [1.29, 1.82) is 0 Å². The van der Waals surface area contributed by atoms with Crippen molar-refractivity contribution >= 4 is 38.5 Å². The summed E-state index contributed by atoms with van der Waals surface area (Å²) in [5, 5.41) is 3.55. The van der Waals surface area contributed by atoms with Crippen LogP contribution in [0.2, 0.25) is 0 Å². The van der Waals surface area contributed by atoms with Gasteiger partial charge in [0.25, 0.3) is 0 Å². The second-order valence-corrected chi connectivity index (χ2v) is 6.48. The van der Waals surface area contributed by atoms with Gasteiger partial charge in [-0.2, -0.15) is 0 Å². The molecule has 0 spiro atoms. The lowest BCUT2D eigenvalue weighted by atomic mass is 9.98. The summed E-state index contributed by atoms with van der Waals surface area (Å²) < 4.78 is 7.83. The minimum atomic E-state index is 0.126. The van der Waals surface area contributed by atoms with Crippen LogP contribution in [0.3, 0.4) is 0 Å². The van der Waals surface area contributed by atoms with Crippen molar-refractivity contribution in [1.82, 2.24) is 5.32 Å². The Morgan fingerprint density at radius 3 is 2.60 bits per heavy atom. The van der Waals surface area contributed by atoms with E-state index >= 15 is 0 Å². The average molecular weight is 446 g/mol. The molecule has 2 aromatic carbocycles. The highest BCUT2D eigenvalue weighted by Gasteiger charge is 2.19. The number of nitrogens with one attached hydrogen (secondary N) is 1. The number of hydrogen-bond donors (Lipinski definition) is 1. The van der Waals surface area contributed by atoms with Crippen LogP contribution in [0.4, 0.5) is 0 Å². The van der Waals surface area contributed by atoms with Gasteiger partial charge in [0, 0.05) is 13.6 Å². The number of ether oxygens (including phenoxy) is 1. The van der Waals surface area contributed by atoms with Gasteiger partial charge in [0.05, 0.1) is 13.2 Å². The number of hydrogen-bond acceptors (Lipinski definition) is 2. The lowest BCUT2D eigenvalue weighted by Gasteiger charge is -2.22. The Balaban J connectivity index is 2.54. The summed E-state index contributed by atoms with van der Waals surface area (Å²) in [4.78, 5) is 0. The Morgan fingerprint density at radius 2 is 1.95 bits per heavy atom. The Morgan fingerprint density at radius 1 is 1.20 bits per heavy atom. The number of methoxy groups -OCH3 is 1. The van der Waals surface area contributed by atoms with Crippen LogP contribution >= 0.6 is 38.5 Å². The summed E-state index contributed by atoms with van der Waals surface area (Å²) in [7, 11) is 1.71. The Kier molecular flexibility index (Phi) is 5.86. The number of benzene rings is 2. The van der Waals surface area contributed by atoms with E-state index in [0.29, 0.717) is 0 Å². The molecule has 0 saturated heterocycles. The van der Waals surface area contributed by atoms with Crippen LogP contribution in [0.25, 0.3) is 0 Å². The zero-order chi connectivity index (χ0) is 14.5. The third-order valence-corrected chi connectivity index (χ3v) is 4.60. The van der Waals surface area contributed by atoms with Crippen LogP contribution in [0.1, 0.15) is 24.1 Å². The molecule has 0 fully saturated rings. The zero-order valence-electron chi connectivity index (χ0n) is 11.5. The topological polar surface area (TPSA) is 21.3 Å². The summed E-state index contributed by atoms with van der Waals surface area (Å²) in [6.45, 7) is 3.01.